The van der Waals surface area contributed by atoms with Crippen LogP contribution in [0.1, 0.15) is 29.3 Å². The van der Waals surface area contributed by atoms with Crippen molar-refractivity contribution in [1.82, 2.24) is 10.6 Å². The van der Waals surface area contributed by atoms with Crippen molar-refractivity contribution in [3.05, 3.63) is 65.7 Å². The van der Waals surface area contributed by atoms with Crippen LogP contribution in [0.15, 0.2) is 54.6 Å². The van der Waals surface area contributed by atoms with E-state index < -0.39 is 0 Å². The van der Waals surface area contributed by atoms with Gasteiger partial charge in [-0.05, 0) is 37.2 Å². The van der Waals surface area contributed by atoms with E-state index in [1.165, 1.54) is 0 Å². The number of carbonyl (C=O) groups is 2. The fraction of sp³-hybridized carbons (Fsp3) is 0.300. The quantitative estimate of drug-likeness (QED) is 0.515. The van der Waals surface area contributed by atoms with Gasteiger partial charge in [0, 0.05) is 24.2 Å². The normalized spacial score (nSPS) is 10.3. The first-order valence-corrected chi connectivity index (χ1v) is 8.50. The number of ketones is 1. The molecule has 2 rings (SSSR count). The van der Waals surface area contributed by atoms with E-state index in [1.54, 1.807) is 36.4 Å². The number of hydrogen-bond acceptors (Lipinski definition) is 4. The largest absolute Gasteiger partial charge is 0.484 e. The van der Waals surface area contributed by atoms with E-state index in [2.05, 4.69) is 17.6 Å². The summed E-state index contributed by atoms with van der Waals surface area (Å²) in [6.45, 7) is 4.32. The molecule has 1 amide bonds. The lowest BCUT2D eigenvalue weighted by Crippen LogP contribution is -2.35. The van der Waals surface area contributed by atoms with Gasteiger partial charge in [0.1, 0.15) is 5.75 Å². The van der Waals surface area contributed by atoms with Gasteiger partial charge in [-0.1, -0.05) is 37.3 Å². The zero-order chi connectivity index (χ0) is 17.9. The van der Waals surface area contributed by atoms with Gasteiger partial charge < -0.3 is 15.4 Å². The highest BCUT2D eigenvalue weighted by Gasteiger charge is 2.09. The van der Waals surface area contributed by atoms with E-state index >= 15 is 0 Å². The SMILES string of the molecule is CCCNCCNC(=O)COc1ccc(C(=O)c2ccccc2)cc1. The molecule has 5 nitrogen and oxygen atoms in total. The third-order valence-corrected chi connectivity index (χ3v) is 3.57. The van der Waals surface area contributed by atoms with Gasteiger partial charge in [-0.3, -0.25) is 9.59 Å². The van der Waals surface area contributed by atoms with Crippen LogP contribution in [0.25, 0.3) is 0 Å². The Labute approximate surface area is 148 Å². The minimum Gasteiger partial charge on any atom is -0.484 e. The van der Waals surface area contributed by atoms with Crippen LogP contribution in [0.3, 0.4) is 0 Å². The van der Waals surface area contributed by atoms with Crippen LogP contribution in [-0.2, 0) is 4.79 Å². The molecule has 2 aromatic carbocycles. The predicted molar refractivity (Wildman–Crippen MR) is 98.0 cm³/mol. The minimum absolute atomic E-state index is 0.0375. The van der Waals surface area contributed by atoms with Crippen molar-refractivity contribution in [2.45, 2.75) is 13.3 Å². The van der Waals surface area contributed by atoms with Crippen LogP contribution in [0.2, 0.25) is 0 Å². The van der Waals surface area contributed by atoms with Gasteiger partial charge in [0.2, 0.25) is 0 Å². The van der Waals surface area contributed by atoms with E-state index in [-0.39, 0.29) is 18.3 Å². The van der Waals surface area contributed by atoms with E-state index in [0.29, 0.717) is 23.4 Å². The van der Waals surface area contributed by atoms with Crippen molar-refractivity contribution in [2.75, 3.05) is 26.2 Å². The van der Waals surface area contributed by atoms with Gasteiger partial charge in [-0.2, -0.15) is 0 Å². The Balaban J connectivity index is 1.77. The third kappa shape index (κ3) is 6.39. The van der Waals surface area contributed by atoms with E-state index in [9.17, 15) is 9.59 Å². The molecule has 0 saturated carbocycles. The molecule has 0 aromatic heterocycles. The summed E-state index contributed by atoms with van der Waals surface area (Å²) in [7, 11) is 0. The molecule has 25 heavy (non-hydrogen) atoms. The highest BCUT2D eigenvalue weighted by molar-refractivity contribution is 6.08. The van der Waals surface area contributed by atoms with Crippen molar-refractivity contribution in [3.63, 3.8) is 0 Å². The summed E-state index contributed by atoms with van der Waals surface area (Å²) < 4.78 is 5.44. The first-order valence-electron chi connectivity index (χ1n) is 8.50. The summed E-state index contributed by atoms with van der Waals surface area (Å²) in [5.74, 6) is 0.357. The zero-order valence-electron chi connectivity index (χ0n) is 14.5. The van der Waals surface area contributed by atoms with Crippen LogP contribution in [0.5, 0.6) is 5.75 Å². The van der Waals surface area contributed by atoms with Crippen molar-refractivity contribution in [2.24, 2.45) is 0 Å². The lowest BCUT2D eigenvalue weighted by molar-refractivity contribution is -0.123. The second-order valence-electron chi connectivity index (χ2n) is 5.61. The smallest absolute Gasteiger partial charge is 0.257 e. The number of rotatable bonds is 10. The molecule has 0 fully saturated rings. The van der Waals surface area contributed by atoms with Gasteiger partial charge in [-0.25, -0.2) is 0 Å². The van der Waals surface area contributed by atoms with E-state index in [0.717, 1.165) is 19.5 Å². The molecule has 5 heteroatoms. The Kier molecular flexibility index (Phi) is 7.66. The molecule has 0 spiro atoms. The molecule has 0 aliphatic rings. The first kappa shape index (κ1) is 18.7. The van der Waals surface area contributed by atoms with E-state index in [4.69, 9.17) is 4.74 Å². The summed E-state index contributed by atoms with van der Waals surface area (Å²) in [5.41, 5.74) is 1.23. The van der Waals surface area contributed by atoms with Crippen molar-refractivity contribution in [1.29, 1.82) is 0 Å². The summed E-state index contributed by atoms with van der Waals surface area (Å²) in [6, 6.07) is 15.9. The Morgan fingerprint density at radius 1 is 0.880 bits per heavy atom. The van der Waals surface area contributed by atoms with Crippen molar-refractivity contribution in [3.8, 4) is 5.75 Å². The van der Waals surface area contributed by atoms with E-state index in [1.807, 2.05) is 18.2 Å². The maximum atomic E-state index is 12.3. The molecule has 0 aliphatic carbocycles. The summed E-state index contributed by atoms with van der Waals surface area (Å²) in [4.78, 5) is 24.0. The Bertz CT molecular complexity index is 669. The van der Waals surface area contributed by atoms with Gasteiger partial charge in [0.25, 0.3) is 5.91 Å². The second kappa shape index (κ2) is 10.3. The molecular formula is C20H24N2O3. The zero-order valence-corrected chi connectivity index (χ0v) is 14.5. The average molecular weight is 340 g/mol. The average Bonchev–Trinajstić information content (AvgIpc) is 2.67. The molecule has 0 atom stereocenters. The van der Waals surface area contributed by atoms with Crippen molar-refractivity contribution < 1.29 is 14.3 Å². The van der Waals surface area contributed by atoms with Gasteiger partial charge in [-0.15, -0.1) is 0 Å². The Morgan fingerprint density at radius 2 is 1.56 bits per heavy atom. The molecule has 0 saturated heterocycles. The summed E-state index contributed by atoms with van der Waals surface area (Å²) >= 11 is 0. The Morgan fingerprint density at radius 3 is 2.24 bits per heavy atom. The molecule has 132 valence electrons. The van der Waals surface area contributed by atoms with Crippen LogP contribution < -0.4 is 15.4 Å². The first-order chi connectivity index (χ1) is 12.2. The summed E-state index contributed by atoms with van der Waals surface area (Å²) in [5, 5.41) is 5.99. The van der Waals surface area contributed by atoms with Crippen molar-refractivity contribution >= 4 is 11.7 Å². The maximum absolute atomic E-state index is 12.3. The highest BCUT2D eigenvalue weighted by Crippen LogP contribution is 2.15. The van der Waals surface area contributed by atoms with Crippen LogP contribution in [-0.4, -0.2) is 37.9 Å². The lowest BCUT2D eigenvalue weighted by atomic mass is 10.0. The number of nitrogens with one attached hydrogen (secondary N) is 2. The summed E-state index contributed by atoms with van der Waals surface area (Å²) in [6.07, 6.45) is 1.07. The minimum atomic E-state index is -0.164. The van der Waals surface area contributed by atoms with Gasteiger partial charge in [0.15, 0.2) is 12.4 Å². The maximum Gasteiger partial charge on any atom is 0.257 e. The van der Waals surface area contributed by atoms with Crippen LogP contribution >= 0.6 is 0 Å². The number of hydrogen-bond donors (Lipinski definition) is 2. The fourth-order valence-electron chi connectivity index (χ4n) is 2.25. The number of carbonyl (C=O) groups excluding carboxylic acids is 2. The number of amides is 1. The van der Waals surface area contributed by atoms with Gasteiger partial charge in [0.05, 0.1) is 0 Å². The molecule has 0 radical (unpaired) electrons. The number of ether oxygens (including phenoxy) is 1. The molecule has 2 aromatic rings. The topological polar surface area (TPSA) is 67.4 Å². The molecule has 0 heterocycles. The molecule has 0 unspecified atom stereocenters. The van der Waals surface area contributed by atoms with Gasteiger partial charge >= 0.3 is 0 Å². The Hall–Kier alpha value is -2.66. The predicted octanol–water partition coefficient (Wildman–Crippen LogP) is 2.41. The highest BCUT2D eigenvalue weighted by atomic mass is 16.5. The molecule has 2 N–H and O–H groups in total. The standard InChI is InChI=1S/C20H24N2O3/c1-2-12-21-13-14-22-19(23)15-25-18-10-8-17(9-11-18)20(24)16-6-4-3-5-7-16/h3-11,21H,2,12-15H2,1H3,(H,22,23). The second-order valence-corrected chi connectivity index (χ2v) is 5.61. The molecule has 0 bridgehead atoms. The molecule has 0 aliphatic heterocycles. The number of benzene rings is 2. The van der Waals surface area contributed by atoms with Crippen LogP contribution in [0.4, 0.5) is 0 Å². The third-order valence-electron chi connectivity index (χ3n) is 3.57. The fourth-order valence-corrected chi connectivity index (χ4v) is 2.25. The molecular weight excluding hydrogens is 316 g/mol. The lowest BCUT2D eigenvalue weighted by Gasteiger charge is -2.08. The monoisotopic (exact) mass is 340 g/mol. The van der Waals surface area contributed by atoms with Crippen LogP contribution in [0, 0.1) is 0 Å².